The number of rotatable bonds is 4. The second kappa shape index (κ2) is 5.01. The molecule has 0 aromatic rings. The van der Waals surface area contributed by atoms with Gasteiger partial charge in [-0.15, -0.1) is 0 Å². The topological polar surface area (TPSA) is 49.4 Å². The van der Waals surface area contributed by atoms with E-state index >= 15 is 0 Å². The van der Waals surface area contributed by atoms with Gasteiger partial charge in [0, 0.05) is 37.5 Å². The third-order valence-corrected chi connectivity index (χ3v) is 6.16. The van der Waals surface area contributed by atoms with E-state index in [1.165, 1.54) is 44.8 Å². The van der Waals surface area contributed by atoms with Crippen LogP contribution in [0.3, 0.4) is 0 Å². The van der Waals surface area contributed by atoms with E-state index in [-0.39, 0.29) is 5.54 Å². The molecule has 0 aromatic heterocycles. The predicted molar refractivity (Wildman–Crippen MR) is 77.0 cm³/mol. The van der Waals surface area contributed by atoms with Crippen molar-refractivity contribution in [3.63, 3.8) is 0 Å². The van der Waals surface area contributed by atoms with Crippen molar-refractivity contribution in [1.82, 2.24) is 10.2 Å². The van der Waals surface area contributed by atoms with E-state index < -0.39 is 9.84 Å². The molecule has 1 aliphatic heterocycles. The van der Waals surface area contributed by atoms with E-state index in [0.717, 1.165) is 25.6 Å². The highest BCUT2D eigenvalue weighted by Crippen LogP contribution is 2.40. The summed E-state index contributed by atoms with van der Waals surface area (Å²) in [5, 5.41) is 3.75. The summed E-state index contributed by atoms with van der Waals surface area (Å²) in [5.41, 5.74) is 0.260. The fraction of sp³-hybridized carbons (Fsp3) is 1.00. The van der Waals surface area contributed by atoms with Gasteiger partial charge in [-0.05, 0) is 31.6 Å². The number of hydrogen-bond acceptors (Lipinski definition) is 4. The molecule has 5 heteroatoms. The van der Waals surface area contributed by atoms with Gasteiger partial charge in [0.25, 0.3) is 0 Å². The number of piperazine rings is 1. The molecule has 1 heterocycles. The Labute approximate surface area is 116 Å². The molecule has 1 atom stereocenters. The van der Waals surface area contributed by atoms with Gasteiger partial charge in [0.05, 0.1) is 5.75 Å². The average Bonchev–Trinajstić information content (AvgIpc) is 3.09. The normalized spacial score (nSPS) is 31.9. The first-order valence-corrected chi connectivity index (χ1v) is 9.71. The van der Waals surface area contributed by atoms with Crippen molar-refractivity contribution in [2.75, 3.05) is 31.6 Å². The Morgan fingerprint density at radius 1 is 1.26 bits per heavy atom. The fourth-order valence-electron chi connectivity index (χ4n) is 3.87. The summed E-state index contributed by atoms with van der Waals surface area (Å²) in [6.45, 7) is 2.85. The van der Waals surface area contributed by atoms with Crippen molar-refractivity contribution in [1.29, 1.82) is 0 Å². The highest BCUT2D eigenvalue weighted by Gasteiger charge is 2.46. The molecule has 2 aliphatic carbocycles. The third kappa shape index (κ3) is 3.14. The zero-order valence-electron chi connectivity index (χ0n) is 11.9. The summed E-state index contributed by atoms with van der Waals surface area (Å²) in [6.07, 6.45) is 9.13. The van der Waals surface area contributed by atoms with Crippen molar-refractivity contribution < 1.29 is 8.42 Å². The molecule has 0 aromatic carbocycles. The molecular formula is C14H26N2O2S. The van der Waals surface area contributed by atoms with E-state index in [4.69, 9.17) is 0 Å². The van der Waals surface area contributed by atoms with E-state index in [1.54, 1.807) is 0 Å². The highest BCUT2D eigenvalue weighted by molar-refractivity contribution is 7.90. The van der Waals surface area contributed by atoms with Gasteiger partial charge in [-0.25, -0.2) is 8.42 Å². The van der Waals surface area contributed by atoms with Crippen LogP contribution in [0, 0.1) is 5.92 Å². The van der Waals surface area contributed by atoms with Crippen LogP contribution in [0.4, 0.5) is 0 Å². The summed E-state index contributed by atoms with van der Waals surface area (Å²) in [6, 6.07) is 0.603. The van der Waals surface area contributed by atoms with Crippen LogP contribution in [0.5, 0.6) is 0 Å². The Morgan fingerprint density at radius 2 is 1.95 bits per heavy atom. The second-order valence-electron chi connectivity index (χ2n) is 6.83. The van der Waals surface area contributed by atoms with Crippen molar-refractivity contribution in [2.45, 2.75) is 50.1 Å². The maximum atomic E-state index is 11.5. The number of hydrogen-bond donors (Lipinski definition) is 1. The minimum absolute atomic E-state index is 0.260. The smallest absolute Gasteiger partial charge is 0.148 e. The van der Waals surface area contributed by atoms with Gasteiger partial charge in [0.15, 0.2) is 0 Å². The van der Waals surface area contributed by atoms with E-state index in [0.29, 0.717) is 11.8 Å². The molecule has 1 N–H and O–H groups in total. The van der Waals surface area contributed by atoms with Crippen molar-refractivity contribution in [2.24, 2.45) is 5.92 Å². The Kier molecular flexibility index (Phi) is 3.65. The first-order chi connectivity index (χ1) is 8.99. The summed E-state index contributed by atoms with van der Waals surface area (Å²) >= 11 is 0. The van der Waals surface area contributed by atoms with E-state index in [2.05, 4.69) is 10.2 Å². The molecule has 110 valence electrons. The quantitative estimate of drug-likeness (QED) is 0.838. The second-order valence-corrected chi connectivity index (χ2v) is 9.09. The van der Waals surface area contributed by atoms with Crippen LogP contribution >= 0.6 is 0 Å². The van der Waals surface area contributed by atoms with Crippen LogP contribution in [0.1, 0.15) is 38.5 Å². The molecule has 0 radical (unpaired) electrons. The largest absolute Gasteiger partial charge is 0.311 e. The van der Waals surface area contributed by atoms with Gasteiger partial charge in [-0.2, -0.15) is 0 Å². The standard InChI is InChI=1S/C14H26N2O2S/c1-19(17,18)9-8-16-10-13(12-4-5-12)15-11-14(16)6-2-3-7-14/h12-13,15H,2-11H2,1H3. The molecule has 1 saturated heterocycles. The predicted octanol–water partition coefficient (Wildman–Crippen LogP) is 1.03. The minimum atomic E-state index is -2.85. The minimum Gasteiger partial charge on any atom is -0.311 e. The molecule has 0 amide bonds. The molecule has 1 unspecified atom stereocenters. The monoisotopic (exact) mass is 286 g/mol. The maximum Gasteiger partial charge on any atom is 0.148 e. The highest BCUT2D eigenvalue weighted by atomic mass is 32.2. The lowest BCUT2D eigenvalue weighted by Crippen LogP contribution is -2.64. The van der Waals surface area contributed by atoms with Crippen molar-refractivity contribution in [3.8, 4) is 0 Å². The fourth-order valence-corrected chi connectivity index (χ4v) is 4.43. The average molecular weight is 286 g/mol. The molecule has 2 saturated carbocycles. The lowest BCUT2D eigenvalue weighted by Gasteiger charge is -2.48. The van der Waals surface area contributed by atoms with Crippen LogP contribution in [-0.2, 0) is 9.84 Å². The Morgan fingerprint density at radius 3 is 2.53 bits per heavy atom. The number of nitrogens with zero attached hydrogens (tertiary/aromatic N) is 1. The number of sulfone groups is 1. The Bertz CT molecular complexity index is 425. The van der Waals surface area contributed by atoms with Crippen LogP contribution in [0.15, 0.2) is 0 Å². The van der Waals surface area contributed by atoms with Gasteiger partial charge < -0.3 is 5.32 Å². The molecule has 3 fully saturated rings. The van der Waals surface area contributed by atoms with Crippen LogP contribution in [0.25, 0.3) is 0 Å². The molecular weight excluding hydrogens is 260 g/mol. The van der Waals surface area contributed by atoms with Gasteiger partial charge in [-0.3, -0.25) is 4.90 Å². The lowest BCUT2D eigenvalue weighted by molar-refractivity contribution is 0.0440. The van der Waals surface area contributed by atoms with Crippen molar-refractivity contribution in [3.05, 3.63) is 0 Å². The van der Waals surface area contributed by atoms with E-state index in [1.807, 2.05) is 0 Å². The van der Waals surface area contributed by atoms with Crippen LogP contribution in [0.2, 0.25) is 0 Å². The van der Waals surface area contributed by atoms with E-state index in [9.17, 15) is 8.42 Å². The zero-order valence-corrected chi connectivity index (χ0v) is 12.7. The van der Waals surface area contributed by atoms with Gasteiger partial charge in [-0.1, -0.05) is 12.8 Å². The zero-order chi connectivity index (χ0) is 13.5. The van der Waals surface area contributed by atoms with Crippen LogP contribution in [-0.4, -0.2) is 56.5 Å². The Hall–Kier alpha value is -0.130. The SMILES string of the molecule is CS(=O)(=O)CCN1CC(C2CC2)NCC12CCCC2. The molecule has 19 heavy (non-hydrogen) atoms. The first-order valence-electron chi connectivity index (χ1n) is 7.65. The molecule has 1 spiro atoms. The summed E-state index contributed by atoms with van der Waals surface area (Å²) in [4.78, 5) is 2.51. The summed E-state index contributed by atoms with van der Waals surface area (Å²) < 4.78 is 22.9. The van der Waals surface area contributed by atoms with Crippen molar-refractivity contribution >= 4 is 9.84 Å². The molecule has 0 bridgehead atoms. The van der Waals surface area contributed by atoms with Gasteiger partial charge >= 0.3 is 0 Å². The van der Waals surface area contributed by atoms with Gasteiger partial charge in [0.1, 0.15) is 9.84 Å². The summed E-state index contributed by atoms with van der Waals surface area (Å²) in [7, 11) is -2.85. The lowest BCUT2D eigenvalue weighted by atomic mass is 9.90. The Balaban J connectivity index is 1.69. The maximum absolute atomic E-state index is 11.5. The first kappa shape index (κ1) is 13.8. The molecule has 3 rings (SSSR count). The van der Waals surface area contributed by atoms with Crippen LogP contribution < -0.4 is 5.32 Å². The summed E-state index contributed by atoms with van der Waals surface area (Å²) in [5.74, 6) is 1.16. The third-order valence-electron chi connectivity index (χ3n) is 5.24. The molecule has 4 nitrogen and oxygen atoms in total. The van der Waals surface area contributed by atoms with Gasteiger partial charge in [0.2, 0.25) is 0 Å². The molecule has 3 aliphatic rings. The number of nitrogens with one attached hydrogen (secondary N) is 1.